The van der Waals surface area contributed by atoms with Crippen LogP contribution < -0.4 is 10.6 Å². The molecular weight excluding hydrogens is 208 g/mol. The van der Waals surface area contributed by atoms with E-state index in [1.54, 1.807) is 0 Å². The minimum atomic E-state index is -0.185. The van der Waals surface area contributed by atoms with Crippen LogP contribution in [0.5, 0.6) is 0 Å². The second kappa shape index (κ2) is 3.90. The molecule has 17 heavy (non-hydrogen) atoms. The van der Waals surface area contributed by atoms with Gasteiger partial charge in [0, 0.05) is 12.2 Å². The van der Waals surface area contributed by atoms with Crippen LogP contribution in [-0.2, 0) is 12.2 Å². The summed E-state index contributed by atoms with van der Waals surface area (Å²) in [5, 5.41) is 7.14. The van der Waals surface area contributed by atoms with E-state index < -0.39 is 0 Å². The lowest BCUT2D eigenvalue weighted by Crippen LogP contribution is -2.49. The summed E-state index contributed by atoms with van der Waals surface area (Å²) in [5.74, 6) is 0. The van der Waals surface area contributed by atoms with Gasteiger partial charge in [-0.15, -0.1) is 0 Å². The molecule has 2 heteroatoms. The van der Waals surface area contributed by atoms with Crippen molar-refractivity contribution >= 4 is 5.69 Å². The minimum Gasteiger partial charge on any atom is -0.363 e. The van der Waals surface area contributed by atoms with Gasteiger partial charge in [-0.2, -0.15) is 0 Å². The number of hydrogen-bond donors (Lipinski definition) is 2. The molecule has 1 aliphatic rings. The fourth-order valence-corrected chi connectivity index (χ4v) is 2.33. The van der Waals surface area contributed by atoms with Gasteiger partial charge in [-0.25, -0.2) is 0 Å². The predicted molar refractivity (Wildman–Crippen MR) is 70.7 cm³/mol. The van der Waals surface area contributed by atoms with Crippen molar-refractivity contribution in [1.82, 2.24) is 5.32 Å². The molecule has 0 radical (unpaired) electrons. The molecule has 2 nitrogen and oxygen atoms in total. The highest BCUT2D eigenvalue weighted by atomic mass is 15.2. The highest BCUT2D eigenvalue weighted by Gasteiger charge is 2.29. The van der Waals surface area contributed by atoms with Crippen LogP contribution in [0.1, 0.15) is 18.1 Å². The number of rotatable bonds is 1. The fraction of sp³-hybridized carbons (Fsp3) is 0.200. The van der Waals surface area contributed by atoms with Crippen LogP contribution in [0.2, 0.25) is 0 Å². The lowest BCUT2D eigenvalue weighted by molar-refractivity contribution is 0.401. The first-order chi connectivity index (χ1) is 8.28. The fourth-order valence-electron chi connectivity index (χ4n) is 2.33. The van der Waals surface area contributed by atoms with E-state index in [1.807, 2.05) is 6.07 Å². The van der Waals surface area contributed by atoms with E-state index >= 15 is 0 Å². The van der Waals surface area contributed by atoms with Crippen LogP contribution in [0.3, 0.4) is 0 Å². The summed E-state index contributed by atoms with van der Waals surface area (Å²) in [7, 11) is 0. The van der Waals surface area contributed by atoms with Crippen molar-refractivity contribution in [3.05, 3.63) is 65.7 Å². The second-order valence-corrected chi connectivity index (χ2v) is 4.63. The molecular formula is C15H16N2. The van der Waals surface area contributed by atoms with E-state index in [4.69, 9.17) is 0 Å². The Hall–Kier alpha value is -1.80. The Morgan fingerprint density at radius 1 is 0.941 bits per heavy atom. The van der Waals surface area contributed by atoms with Gasteiger partial charge < -0.3 is 5.32 Å². The zero-order valence-electron chi connectivity index (χ0n) is 9.90. The average molecular weight is 224 g/mol. The first-order valence-corrected chi connectivity index (χ1v) is 5.95. The molecule has 0 fully saturated rings. The molecule has 0 aliphatic carbocycles. The molecule has 0 bridgehead atoms. The second-order valence-electron chi connectivity index (χ2n) is 4.63. The number of fused-ring (bicyclic) bond motifs is 1. The molecule has 2 aromatic carbocycles. The first kappa shape index (κ1) is 10.4. The van der Waals surface area contributed by atoms with Gasteiger partial charge in [-0.3, -0.25) is 5.32 Å². The van der Waals surface area contributed by atoms with E-state index in [0.29, 0.717) is 0 Å². The molecule has 2 aromatic rings. The van der Waals surface area contributed by atoms with E-state index in [2.05, 4.69) is 66.1 Å². The van der Waals surface area contributed by atoms with Crippen molar-refractivity contribution in [2.45, 2.75) is 19.1 Å². The third-order valence-corrected chi connectivity index (χ3v) is 3.39. The largest absolute Gasteiger partial charge is 0.363 e. The van der Waals surface area contributed by atoms with Crippen LogP contribution in [0, 0.1) is 0 Å². The molecule has 1 unspecified atom stereocenters. The number of benzene rings is 2. The lowest BCUT2D eigenvalue weighted by atomic mass is 9.97. The van der Waals surface area contributed by atoms with Gasteiger partial charge in [0.25, 0.3) is 0 Å². The third kappa shape index (κ3) is 1.81. The normalized spacial score (nSPS) is 22.6. The molecule has 3 rings (SSSR count). The molecule has 1 atom stereocenters. The van der Waals surface area contributed by atoms with Crippen LogP contribution >= 0.6 is 0 Å². The maximum atomic E-state index is 3.58. The summed E-state index contributed by atoms with van der Waals surface area (Å²) in [4.78, 5) is 0. The van der Waals surface area contributed by atoms with Gasteiger partial charge in [0.1, 0.15) is 5.66 Å². The predicted octanol–water partition coefficient (Wildman–Crippen LogP) is 3.07. The molecule has 86 valence electrons. The highest BCUT2D eigenvalue weighted by molar-refractivity contribution is 5.56. The molecule has 0 saturated carbocycles. The lowest BCUT2D eigenvalue weighted by Gasteiger charge is -2.38. The Kier molecular flexibility index (Phi) is 2.37. The standard InChI is InChI=1S/C15H16N2/c1-15(13-8-3-2-4-9-13)16-11-12-7-5-6-10-14(12)17-15/h2-10,16-17H,11H2,1H3. The Morgan fingerprint density at radius 3 is 2.47 bits per heavy atom. The van der Waals surface area contributed by atoms with Crippen LogP contribution in [0.25, 0.3) is 0 Å². The van der Waals surface area contributed by atoms with Gasteiger partial charge >= 0.3 is 0 Å². The van der Waals surface area contributed by atoms with Crippen molar-refractivity contribution < 1.29 is 0 Å². The van der Waals surface area contributed by atoms with Gasteiger partial charge in [-0.05, 0) is 24.1 Å². The van der Waals surface area contributed by atoms with Crippen molar-refractivity contribution in [3.63, 3.8) is 0 Å². The summed E-state index contributed by atoms with van der Waals surface area (Å²) in [5.41, 5.74) is 3.61. The SMILES string of the molecule is CC1(c2ccccc2)NCc2ccccc2N1. The Bertz CT molecular complexity index is 521. The maximum Gasteiger partial charge on any atom is 0.112 e. The van der Waals surface area contributed by atoms with Crippen LogP contribution in [0.4, 0.5) is 5.69 Å². The first-order valence-electron chi connectivity index (χ1n) is 5.95. The Balaban J connectivity index is 1.98. The highest BCUT2D eigenvalue weighted by Crippen LogP contribution is 2.30. The van der Waals surface area contributed by atoms with E-state index in [0.717, 1.165) is 6.54 Å². The third-order valence-electron chi connectivity index (χ3n) is 3.39. The molecule has 0 aromatic heterocycles. The zero-order chi connectivity index (χ0) is 11.7. The molecule has 0 spiro atoms. The molecule has 0 amide bonds. The van der Waals surface area contributed by atoms with Crippen molar-refractivity contribution in [1.29, 1.82) is 0 Å². The summed E-state index contributed by atoms with van der Waals surface area (Å²) in [6, 6.07) is 18.9. The summed E-state index contributed by atoms with van der Waals surface area (Å²) < 4.78 is 0. The molecule has 1 heterocycles. The van der Waals surface area contributed by atoms with E-state index in [1.165, 1.54) is 16.8 Å². The topological polar surface area (TPSA) is 24.1 Å². The van der Waals surface area contributed by atoms with Crippen molar-refractivity contribution in [2.75, 3.05) is 5.32 Å². The van der Waals surface area contributed by atoms with Crippen LogP contribution in [-0.4, -0.2) is 0 Å². The Morgan fingerprint density at radius 2 is 1.65 bits per heavy atom. The molecule has 2 N–H and O–H groups in total. The van der Waals surface area contributed by atoms with Gasteiger partial charge in [-0.1, -0.05) is 48.5 Å². The van der Waals surface area contributed by atoms with E-state index in [-0.39, 0.29) is 5.66 Å². The quantitative estimate of drug-likeness (QED) is 0.778. The molecule has 1 aliphatic heterocycles. The summed E-state index contributed by atoms with van der Waals surface area (Å²) >= 11 is 0. The maximum absolute atomic E-state index is 3.58. The number of nitrogens with one attached hydrogen (secondary N) is 2. The van der Waals surface area contributed by atoms with Crippen LogP contribution in [0.15, 0.2) is 54.6 Å². The zero-order valence-corrected chi connectivity index (χ0v) is 9.90. The average Bonchev–Trinajstić information content (AvgIpc) is 2.40. The minimum absolute atomic E-state index is 0.185. The monoisotopic (exact) mass is 224 g/mol. The van der Waals surface area contributed by atoms with Gasteiger partial charge in [0.05, 0.1) is 0 Å². The van der Waals surface area contributed by atoms with Crippen molar-refractivity contribution in [3.8, 4) is 0 Å². The van der Waals surface area contributed by atoms with Gasteiger partial charge in [0.2, 0.25) is 0 Å². The summed E-state index contributed by atoms with van der Waals surface area (Å²) in [6.45, 7) is 3.08. The smallest absolute Gasteiger partial charge is 0.112 e. The van der Waals surface area contributed by atoms with Crippen molar-refractivity contribution in [2.24, 2.45) is 0 Å². The number of para-hydroxylation sites is 1. The molecule has 0 saturated heterocycles. The number of anilines is 1. The van der Waals surface area contributed by atoms with Gasteiger partial charge in [0.15, 0.2) is 0 Å². The number of hydrogen-bond acceptors (Lipinski definition) is 2. The van der Waals surface area contributed by atoms with E-state index in [9.17, 15) is 0 Å². The Labute approximate surface area is 102 Å². The summed E-state index contributed by atoms with van der Waals surface area (Å²) in [6.07, 6.45) is 0.